The second-order valence-corrected chi connectivity index (χ2v) is 2.21. The molecule has 0 saturated carbocycles. The molecule has 8 heteroatoms. The highest BCUT2D eigenvalue weighted by Gasteiger charge is 2.04. The van der Waals surface area contributed by atoms with Gasteiger partial charge in [-0.1, -0.05) is 0 Å². The van der Waals surface area contributed by atoms with E-state index in [1.54, 1.807) is 0 Å². The normalized spacial score (nSPS) is 10.5. The van der Waals surface area contributed by atoms with Gasteiger partial charge in [0.1, 0.15) is 0 Å². The van der Waals surface area contributed by atoms with Gasteiger partial charge in [-0.2, -0.15) is 4.98 Å². The van der Waals surface area contributed by atoms with Crippen LogP contribution in [0.5, 0.6) is 0 Å². The van der Waals surface area contributed by atoms with Gasteiger partial charge in [-0.3, -0.25) is 9.78 Å². The maximum Gasteiger partial charge on any atom is 0.278 e. The molecule has 0 aliphatic heterocycles. The molecule has 0 atom stereocenters. The van der Waals surface area contributed by atoms with Crippen molar-refractivity contribution in [2.45, 2.75) is 0 Å². The molecule has 13 heavy (non-hydrogen) atoms. The van der Waals surface area contributed by atoms with Crippen molar-refractivity contribution in [2.75, 3.05) is 5.48 Å². The Labute approximate surface area is 70.5 Å². The van der Waals surface area contributed by atoms with Gasteiger partial charge in [0.15, 0.2) is 11.2 Å². The second-order valence-electron chi connectivity index (χ2n) is 2.21. The van der Waals surface area contributed by atoms with Crippen molar-refractivity contribution in [1.29, 1.82) is 0 Å². The van der Waals surface area contributed by atoms with Crippen LogP contribution in [-0.4, -0.2) is 25.2 Å². The van der Waals surface area contributed by atoms with Crippen LogP contribution in [0.15, 0.2) is 11.1 Å². The summed E-state index contributed by atoms with van der Waals surface area (Å²) in [7, 11) is 0. The molecule has 0 aliphatic carbocycles. The molecule has 0 aromatic carbocycles. The molecule has 2 aromatic rings. The lowest BCUT2D eigenvalue weighted by atomic mass is 10.5. The topological polar surface area (TPSA) is 116 Å². The van der Waals surface area contributed by atoms with Crippen LogP contribution in [0.2, 0.25) is 0 Å². The Morgan fingerprint density at radius 1 is 1.62 bits per heavy atom. The van der Waals surface area contributed by atoms with E-state index in [9.17, 15) is 4.79 Å². The quantitative estimate of drug-likeness (QED) is 0.367. The fourth-order valence-electron chi connectivity index (χ4n) is 0.934. The maximum absolute atomic E-state index is 11.2. The lowest BCUT2D eigenvalue weighted by Gasteiger charge is -1.97. The molecule has 2 heterocycles. The highest BCUT2D eigenvalue weighted by Crippen LogP contribution is 2.01. The van der Waals surface area contributed by atoms with Crippen LogP contribution in [0.3, 0.4) is 0 Å². The van der Waals surface area contributed by atoms with E-state index in [0.717, 1.165) is 0 Å². The number of aromatic amines is 2. The molecule has 4 N–H and O–H groups in total. The number of anilines is 1. The molecule has 0 amide bonds. The van der Waals surface area contributed by atoms with Gasteiger partial charge < -0.3 is 4.98 Å². The van der Waals surface area contributed by atoms with Gasteiger partial charge in [0.2, 0.25) is 5.95 Å². The maximum atomic E-state index is 11.2. The van der Waals surface area contributed by atoms with Crippen molar-refractivity contribution in [1.82, 2.24) is 19.9 Å². The Morgan fingerprint density at radius 3 is 3.23 bits per heavy atom. The molecule has 0 spiro atoms. The molecule has 0 saturated heterocycles. The third-order valence-corrected chi connectivity index (χ3v) is 1.44. The predicted molar refractivity (Wildman–Crippen MR) is 41.8 cm³/mol. The number of nitrogens with zero attached hydrogens (tertiary/aromatic N) is 2. The summed E-state index contributed by atoms with van der Waals surface area (Å²) < 4.78 is 0. The number of rotatable bonds is 2. The summed E-state index contributed by atoms with van der Waals surface area (Å²) in [6.45, 7) is 0. The fraction of sp³-hybridized carbons (Fsp3) is 0. The van der Waals surface area contributed by atoms with Crippen LogP contribution in [0.4, 0.5) is 5.95 Å². The van der Waals surface area contributed by atoms with Crippen molar-refractivity contribution in [2.24, 2.45) is 0 Å². The smallest absolute Gasteiger partial charge is 0.278 e. The number of nitrogens with one attached hydrogen (secondary N) is 3. The van der Waals surface area contributed by atoms with E-state index in [2.05, 4.69) is 24.9 Å². The summed E-state index contributed by atoms with van der Waals surface area (Å²) in [5.74, 6) is -0.0212. The molecule has 0 unspecified atom stereocenters. The standard InChI is InChI=1S/C5H5N5O3/c11-4-2-3(7-1-6-2)8-5(9-4)10-13-12/h1,12H,(H3,6,7,8,9,10,11). The van der Waals surface area contributed by atoms with Gasteiger partial charge in [0.05, 0.1) is 6.33 Å². The van der Waals surface area contributed by atoms with Crippen LogP contribution in [0.1, 0.15) is 0 Å². The summed E-state index contributed by atoms with van der Waals surface area (Å²) in [5.41, 5.74) is 2.07. The monoisotopic (exact) mass is 183 g/mol. The van der Waals surface area contributed by atoms with Crippen LogP contribution in [0.25, 0.3) is 11.2 Å². The Morgan fingerprint density at radius 2 is 2.46 bits per heavy atom. The van der Waals surface area contributed by atoms with Gasteiger partial charge in [0.25, 0.3) is 5.56 Å². The zero-order chi connectivity index (χ0) is 9.26. The van der Waals surface area contributed by atoms with Crippen molar-refractivity contribution in [3.05, 3.63) is 16.7 Å². The van der Waals surface area contributed by atoms with E-state index in [1.165, 1.54) is 6.33 Å². The van der Waals surface area contributed by atoms with Crippen molar-refractivity contribution in [3.63, 3.8) is 0 Å². The fourth-order valence-corrected chi connectivity index (χ4v) is 0.934. The first-order valence-electron chi connectivity index (χ1n) is 3.31. The number of aromatic nitrogens is 4. The van der Waals surface area contributed by atoms with E-state index < -0.39 is 5.56 Å². The van der Waals surface area contributed by atoms with Crippen molar-refractivity contribution in [3.8, 4) is 0 Å². The molecular weight excluding hydrogens is 178 g/mol. The van der Waals surface area contributed by atoms with Gasteiger partial charge in [0, 0.05) is 0 Å². The summed E-state index contributed by atoms with van der Waals surface area (Å²) in [6.07, 6.45) is 1.34. The number of hydrogen-bond acceptors (Lipinski definition) is 6. The Balaban J connectivity index is 2.63. The Bertz CT molecular complexity index is 474. The SMILES string of the molecule is O=c1[nH]c(NOO)nc2nc[nH]c12. The molecule has 0 bridgehead atoms. The predicted octanol–water partition coefficient (Wildman–Crippen LogP) is -0.537. The largest absolute Gasteiger partial charge is 0.339 e. The summed E-state index contributed by atoms with van der Waals surface area (Å²) in [4.78, 5) is 27.2. The first-order valence-corrected chi connectivity index (χ1v) is 3.31. The average molecular weight is 183 g/mol. The number of imidazole rings is 1. The van der Waals surface area contributed by atoms with Gasteiger partial charge in [-0.25, -0.2) is 15.7 Å². The third-order valence-electron chi connectivity index (χ3n) is 1.44. The first-order chi connectivity index (χ1) is 6.31. The zero-order valence-electron chi connectivity index (χ0n) is 6.24. The molecule has 2 aromatic heterocycles. The van der Waals surface area contributed by atoms with Crippen LogP contribution >= 0.6 is 0 Å². The Hall–Kier alpha value is -1.93. The lowest BCUT2D eigenvalue weighted by molar-refractivity contribution is -0.216. The highest BCUT2D eigenvalue weighted by molar-refractivity contribution is 5.69. The second kappa shape index (κ2) is 2.84. The van der Waals surface area contributed by atoms with E-state index in [0.29, 0.717) is 0 Å². The highest BCUT2D eigenvalue weighted by atomic mass is 17.2. The lowest BCUT2D eigenvalue weighted by Crippen LogP contribution is -2.12. The van der Waals surface area contributed by atoms with Gasteiger partial charge >= 0.3 is 0 Å². The van der Waals surface area contributed by atoms with Crippen LogP contribution < -0.4 is 11.0 Å². The number of fused-ring (bicyclic) bond motifs is 1. The molecule has 0 aliphatic rings. The summed E-state index contributed by atoms with van der Waals surface area (Å²) in [6, 6.07) is 0. The minimum Gasteiger partial charge on any atom is -0.339 e. The van der Waals surface area contributed by atoms with Crippen LogP contribution in [-0.2, 0) is 4.99 Å². The first kappa shape index (κ1) is 7.71. The Kier molecular flexibility index (Phi) is 1.69. The molecule has 8 nitrogen and oxygen atoms in total. The van der Waals surface area contributed by atoms with E-state index in [4.69, 9.17) is 5.26 Å². The summed E-state index contributed by atoms with van der Waals surface area (Å²) >= 11 is 0. The molecule has 0 radical (unpaired) electrons. The van der Waals surface area contributed by atoms with Gasteiger partial charge in [-0.15, -0.1) is 4.99 Å². The minimum atomic E-state index is -0.401. The number of hydrogen-bond donors (Lipinski definition) is 4. The minimum absolute atomic E-state index is 0.0212. The average Bonchev–Trinajstić information content (AvgIpc) is 2.53. The zero-order valence-corrected chi connectivity index (χ0v) is 6.24. The summed E-state index contributed by atoms with van der Waals surface area (Å²) in [5, 5.41) is 8.03. The number of H-pyrrole nitrogens is 2. The molecular formula is C5H5N5O3. The molecule has 68 valence electrons. The third kappa shape index (κ3) is 1.23. The van der Waals surface area contributed by atoms with E-state index >= 15 is 0 Å². The van der Waals surface area contributed by atoms with Crippen molar-refractivity contribution < 1.29 is 10.2 Å². The van der Waals surface area contributed by atoms with Crippen molar-refractivity contribution >= 4 is 17.1 Å². The van der Waals surface area contributed by atoms with E-state index in [1.807, 2.05) is 5.48 Å². The van der Waals surface area contributed by atoms with Gasteiger partial charge in [-0.05, 0) is 0 Å². The molecule has 2 rings (SSSR count). The van der Waals surface area contributed by atoms with E-state index in [-0.39, 0.29) is 17.1 Å². The molecule has 0 fully saturated rings. The van der Waals surface area contributed by atoms with Crippen LogP contribution in [0, 0.1) is 0 Å².